The van der Waals surface area contributed by atoms with E-state index in [1.807, 2.05) is 0 Å². The van der Waals surface area contributed by atoms with Gasteiger partial charge < -0.3 is 9.80 Å². The monoisotopic (exact) mass is 196 g/mol. The molecule has 1 aromatic carbocycles. The topological polar surface area (TPSA) is 57.7 Å². The van der Waals surface area contributed by atoms with E-state index in [0.29, 0.717) is 0 Å². The molecule has 0 atom stereocenters. The number of hydrogen-bond donors (Lipinski definition) is 0. The Hall–Kier alpha value is -1.65. The smallest absolute Gasteiger partial charge is 0.277 e. The second-order valence-electron chi connectivity index (χ2n) is 3.47. The zero-order chi connectivity index (χ0) is 11.0. The third-order valence-corrected chi connectivity index (χ3v) is 1.96. The second kappa shape index (κ2) is 3.25. The highest BCUT2D eigenvalue weighted by Gasteiger charge is 2.22. The lowest BCUT2D eigenvalue weighted by molar-refractivity contribution is 1.08. The van der Waals surface area contributed by atoms with Crippen molar-refractivity contribution in [3.05, 3.63) is 30.7 Å². The van der Waals surface area contributed by atoms with Crippen LogP contribution in [-0.2, 0) is 0 Å². The van der Waals surface area contributed by atoms with Crippen molar-refractivity contribution in [3.63, 3.8) is 0 Å². The first-order valence-corrected chi connectivity index (χ1v) is 4.10. The van der Waals surface area contributed by atoms with Gasteiger partial charge in [0.05, 0.1) is 0 Å². The highest BCUT2D eigenvalue weighted by molar-refractivity contribution is 5.71. The van der Waals surface area contributed by atoms with Crippen molar-refractivity contribution in [2.75, 3.05) is 38.0 Å². The van der Waals surface area contributed by atoms with Crippen LogP contribution < -0.4 is 26.1 Å². The zero-order valence-corrected chi connectivity index (χ0v) is 8.62. The van der Waals surface area contributed by atoms with Crippen LogP contribution >= 0.6 is 0 Å². The van der Waals surface area contributed by atoms with Crippen LogP contribution in [0.15, 0.2) is 14.4 Å². The minimum Gasteiger partial charge on any atom is -0.373 e. The quantitative estimate of drug-likeness (QED) is 0.555. The second-order valence-corrected chi connectivity index (χ2v) is 3.47. The van der Waals surface area contributed by atoms with Crippen molar-refractivity contribution in [2.45, 2.75) is 0 Å². The first kappa shape index (κ1) is 10.4. The van der Waals surface area contributed by atoms with Gasteiger partial charge in [0.15, 0.2) is 0 Å². The highest BCUT2D eigenvalue weighted by Crippen LogP contribution is 2.16. The third-order valence-electron chi connectivity index (χ3n) is 1.96. The van der Waals surface area contributed by atoms with Gasteiger partial charge >= 0.3 is 0 Å². The fourth-order valence-electron chi connectivity index (χ4n) is 1.36. The molecule has 0 fully saturated rings. The molecule has 0 amide bonds. The maximum Gasteiger partial charge on any atom is 0.277 e. The van der Waals surface area contributed by atoms with E-state index in [2.05, 4.69) is 0 Å². The van der Waals surface area contributed by atoms with Crippen molar-refractivity contribution in [1.82, 2.24) is 0 Å². The van der Waals surface area contributed by atoms with E-state index >= 15 is 0 Å². The summed E-state index contributed by atoms with van der Waals surface area (Å²) in [7, 11) is 6.51. The van der Waals surface area contributed by atoms with Gasteiger partial charge in [0, 0.05) is 28.2 Å². The standard InChI is InChI=1S/C9H12N2O3/c1-10(2)5-6(11(3)4)8(13)9(14)7(5)12/h1-4H3. The van der Waals surface area contributed by atoms with Crippen molar-refractivity contribution < 1.29 is 0 Å². The molecule has 0 aliphatic heterocycles. The van der Waals surface area contributed by atoms with Crippen LogP contribution in [0.5, 0.6) is 0 Å². The number of anilines is 2. The molecule has 0 spiro atoms. The van der Waals surface area contributed by atoms with Crippen LogP contribution in [0.2, 0.25) is 0 Å². The van der Waals surface area contributed by atoms with E-state index in [1.54, 1.807) is 28.2 Å². The summed E-state index contributed by atoms with van der Waals surface area (Å²) in [5.74, 6) is 0. The number of hydrogen-bond acceptors (Lipinski definition) is 5. The molecule has 14 heavy (non-hydrogen) atoms. The molecule has 76 valence electrons. The molecule has 0 heterocycles. The summed E-state index contributed by atoms with van der Waals surface area (Å²) in [6.07, 6.45) is 0. The minimum absolute atomic E-state index is 0.171. The average molecular weight is 196 g/mol. The maximum absolute atomic E-state index is 11.4. The predicted octanol–water partition coefficient (Wildman–Crippen LogP) is -1.23. The van der Waals surface area contributed by atoms with E-state index in [9.17, 15) is 14.4 Å². The molecule has 0 radical (unpaired) electrons. The molecule has 0 unspecified atom stereocenters. The molecular weight excluding hydrogens is 184 g/mol. The summed E-state index contributed by atoms with van der Waals surface area (Å²) < 4.78 is 0. The first-order chi connectivity index (χ1) is 6.37. The maximum atomic E-state index is 11.4. The number of rotatable bonds is 2. The van der Waals surface area contributed by atoms with Crippen LogP contribution in [0, 0.1) is 0 Å². The lowest BCUT2D eigenvalue weighted by Gasteiger charge is -2.16. The molecule has 5 heteroatoms. The molecule has 0 saturated carbocycles. The largest absolute Gasteiger partial charge is 0.373 e. The normalized spacial score (nSPS) is 10.3. The van der Waals surface area contributed by atoms with Crippen molar-refractivity contribution in [3.8, 4) is 0 Å². The third kappa shape index (κ3) is 1.30. The van der Waals surface area contributed by atoms with E-state index in [1.165, 1.54) is 9.80 Å². The van der Waals surface area contributed by atoms with Gasteiger partial charge in [-0.15, -0.1) is 0 Å². The van der Waals surface area contributed by atoms with E-state index < -0.39 is 16.3 Å². The molecule has 1 aromatic rings. The van der Waals surface area contributed by atoms with Crippen LogP contribution in [0.25, 0.3) is 0 Å². The molecule has 0 aromatic heterocycles. The van der Waals surface area contributed by atoms with Gasteiger partial charge in [-0.3, -0.25) is 14.4 Å². The van der Waals surface area contributed by atoms with Crippen LogP contribution in [-0.4, -0.2) is 28.2 Å². The first-order valence-electron chi connectivity index (χ1n) is 4.10. The Kier molecular flexibility index (Phi) is 2.42. The van der Waals surface area contributed by atoms with E-state index in [4.69, 9.17) is 0 Å². The summed E-state index contributed by atoms with van der Waals surface area (Å²) >= 11 is 0. The zero-order valence-electron chi connectivity index (χ0n) is 8.62. The lowest BCUT2D eigenvalue weighted by Crippen LogP contribution is -2.31. The molecule has 1 rings (SSSR count). The molecule has 0 saturated heterocycles. The van der Waals surface area contributed by atoms with Crippen LogP contribution in [0.1, 0.15) is 0 Å². The Labute approximate surface area is 80.9 Å². The molecule has 0 bridgehead atoms. The molecule has 0 N–H and O–H groups in total. The fourth-order valence-corrected chi connectivity index (χ4v) is 1.36. The van der Waals surface area contributed by atoms with Gasteiger partial charge in [-0.05, 0) is 0 Å². The van der Waals surface area contributed by atoms with Gasteiger partial charge in [0.1, 0.15) is 11.4 Å². The van der Waals surface area contributed by atoms with Gasteiger partial charge in [0.2, 0.25) is 0 Å². The van der Waals surface area contributed by atoms with Crippen molar-refractivity contribution in [1.29, 1.82) is 0 Å². The highest BCUT2D eigenvalue weighted by atomic mass is 16.2. The average Bonchev–Trinajstić information content (AvgIpc) is 2.29. The van der Waals surface area contributed by atoms with Gasteiger partial charge in [-0.1, -0.05) is 0 Å². The van der Waals surface area contributed by atoms with Crippen LogP contribution in [0.3, 0.4) is 0 Å². The minimum atomic E-state index is -0.947. The van der Waals surface area contributed by atoms with Crippen molar-refractivity contribution in [2.24, 2.45) is 0 Å². The Morgan fingerprint density at radius 2 is 0.929 bits per heavy atom. The Bertz CT molecular complexity index is 439. The van der Waals surface area contributed by atoms with Gasteiger partial charge in [0.25, 0.3) is 16.3 Å². The molecular formula is C9H12N2O3. The fraction of sp³-hybridized carbons (Fsp3) is 0.444. The Balaban J connectivity index is 3.72. The Morgan fingerprint density at radius 1 is 0.643 bits per heavy atom. The molecule has 5 nitrogen and oxygen atoms in total. The predicted molar refractivity (Wildman–Crippen MR) is 56.3 cm³/mol. The summed E-state index contributed by atoms with van der Waals surface area (Å²) in [5.41, 5.74) is -2.04. The molecule has 0 aliphatic carbocycles. The lowest BCUT2D eigenvalue weighted by atomic mass is 10.4. The summed E-state index contributed by atoms with van der Waals surface area (Å²) in [5, 5.41) is 0. The van der Waals surface area contributed by atoms with E-state index in [0.717, 1.165) is 0 Å². The number of nitrogens with zero attached hydrogens (tertiary/aromatic N) is 2. The summed E-state index contributed by atoms with van der Waals surface area (Å²) in [6, 6.07) is 0. The Morgan fingerprint density at radius 3 is 1.14 bits per heavy atom. The summed E-state index contributed by atoms with van der Waals surface area (Å²) in [6.45, 7) is 0. The van der Waals surface area contributed by atoms with E-state index in [-0.39, 0.29) is 11.4 Å². The SMILES string of the molecule is CN(C)c1c(N(C)C)c(=O)c(=O)c1=O. The molecule has 0 aliphatic rings. The van der Waals surface area contributed by atoms with Gasteiger partial charge in [-0.25, -0.2) is 0 Å². The van der Waals surface area contributed by atoms with Crippen LogP contribution in [0.4, 0.5) is 11.4 Å². The van der Waals surface area contributed by atoms with Crippen molar-refractivity contribution >= 4 is 11.4 Å². The summed E-state index contributed by atoms with van der Waals surface area (Å²) in [4.78, 5) is 36.9. The van der Waals surface area contributed by atoms with Gasteiger partial charge in [-0.2, -0.15) is 0 Å².